The number of aryl methyl sites for hydroxylation is 2. The van der Waals surface area contributed by atoms with Gasteiger partial charge in [-0.1, -0.05) is 0 Å². The first-order chi connectivity index (χ1) is 20.7. The summed E-state index contributed by atoms with van der Waals surface area (Å²) in [6, 6.07) is 7.10. The summed E-state index contributed by atoms with van der Waals surface area (Å²) in [5.41, 5.74) is 0.761. The minimum atomic E-state index is -0.922. The highest BCUT2D eigenvalue weighted by Gasteiger charge is 2.57. The van der Waals surface area contributed by atoms with Gasteiger partial charge in [-0.25, -0.2) is 0 Å². The van der Waals surface area contributed by atoms with Crippen molar-refractivity contribution in [2.45, 2.75) is 40.2 Å². The van der Waals surface area contributed by atoms with Gasteiger partial charge in [0.25, 0.3) is 11.8 Å². The third-order valence-electron chi connectivity index (χ3n) is 9.22. The molecule has 0 aliphatic carbocycles. The van der Waals surface area contributed by atoms with Crippen molar-refractivity contribution in [2.24, 2.45) is 10.8 Å². The van der Waals surface area contributed by atoms with Crippen molar-refractivity contribution in [2.75, 3.05) is 67.6 Å². The number of hydrogen-bond acceptors (Lipinski definition) is 9. The average molecular weight is 607 g/mol. The van der Waals surface area contributed by atoms with Gasteiger partial charge in [-0.15, -0.1) is 0 Å². The molecule has 0 spiro atoms. The molecule has 2 atom stereocenters. The molecule has 2 bridgehead atoms. The van der Waals surface area contributed by atoms with Crippen LogP contribution in [0.25, 0.3) is 0 Å². The van der Waals surface area contributed by atoms with Gasteiger partial charge in [-0.2, -0.15) is 0 Å². The van der Waals surface area contributed by atoms with Gasteiger partial charge in [0, 0.05) is 37.3 Å². The molecule has 6 rings (SSSR count). The highest BCUT2D eigenvalue weighted by Crippen LogP contribution is 2.45. The van der Waals surface area contributed by atoms with E-state index in [0.29, 0.717) is 47.3 Å². The molecule has 11 heteroatoms. The van der Waals surface area contributed by atoms with E-state index in [1.54, 1.807) is 21.9 Å². The van der Waals surface area contributed by atoms with Crippen molar-refractivity contribution in [3.8, 4) is 23.0 Å². The number of ketones is 1. The SMILES string of the molecule is Cc1cc(C(=O)N2CC3(C)CN(C(=O)c4cc(C)c5c(c4)OC(N(C)C)CO5)CC(C)(C2)C3=O)cc2c1OCC(N(C)C)O2. The zero-order valence-electron chi connectivity index (χ0n) is 26.9. The van der Waals surface area contributed by atoms with Gasteiger partial charge >= 0.3 is 0 Å². The topological polar surface area (TPSA) is 101 Å². The molecule has 2 amide bonds. The Morgan fingerprint density at radius 3 is 1.41 bits per heavy atom. The van der Waals surface area contributed by atoms with Crippen LogP contribution in [0.3, 0.4) is 0 Å². The summed E-state index contributed by atoms with van der Waals surface area (Å²) in [5, 5.41) is 0. The Morgan fingerprint density at radius 2 is 1.07 bits per heavy atom. The number of Topliss-reactive ketones (excluding diaryl/α,β-unsaturated/α-hetero) is 1. The molecule has 2 fully saturated rings. The lowest BCUT2D eigenvalue weighted by molar-refractivity contribution is -0.153. The van der Waals surface area contributed by atoms with Crippen molar-refractivity contribution in [1.29, 1.82) is 0 Å². The number of carbonyl (C=O) groups excluding carboxylic acids is 3. The molecule has 0 saturated carbocycles. The summed E-state index contributed by atoms with van der Waals surface area (Å²) in [4.78, 5) is 49.1. The smallest absolute Gasteiger partial charge is 0.254 e. The summed E-state index contributed by atoms with van der Waals surface area (Å²) in [6.45, 7) is 9.16. The monoisotopic (exact) mass is 606 g/mol. The quantitative estimate of drug-likeness (QED) is 0.520. The number of rotatable bonds is 4. The van der Waals surface area contributed by atoms with Crippen LogP contribution in [0.15, 0.2) is 24.3 Å². The molecule has 0 N–H and O–H groups in total. The third kappa shape index (κ3) is 5.05. The fraction of sp³-hybridized carbons (Fsp3) is 0.545. The Balaban J connectivity index is 1.24. The predicted molar refractivity (Wildman–Crippen MR) is 163 cm³/mol. The van der Waals surface area contributed by atoms with Crippen LogP contribution < -0.4 is 18.9 Å². The standard InChI is InChI=1S/C33H42N4O7/c1-19-9-21(11-23-27(19)41-13-25(43-23)34(5)6)29(38)36-15-32(3)17-37(18-33(4,16-36)31(32)40)30(39)22-10-20(2)28-24(12-22)44-26(14-42-28)35(7)8/h9-12,25-26H,13-18H2,1-8H3. The number of benzene rings is 2. The maximum atomic E-state index is 14.0. The maximum absolute atomic E-state index is 14.0. The van der Waals surface area contributed by atoms with Crippen LogP contribution >= 0.6 is 0 Å². The Morgan fingerprint density at radius 1 is 0.705 bits per heavy atom. The number of carbonyl (C=O) groups is 3. The number of hydrogen-bond donors (Lipinski definition) is 0. The second kappa shape index (κ2) is 10.7. The summed E-state index contributed by atoms with van der Waals surface area (Å²) in [6.07, 6.45) is -0.513. The van der Waals surface area contributed by atoms with E-state index in [0.717, 1.165) is 11.1 Å². The Hall–Kier alpha value is -3.83. The van der Waals surface area contributed by atoms with Gasteiger partial charge < -0.3 is 28.7 Å². The molecular weight excluding hydrogens is 564 g/mol. The Kier molecular flexibility index (Phi) is 7.32. The van der Waals surface area contributed by atoms with Crippen molar-refractivity contribution in [3.63, 3.8) is 0 Å². The van der Waals surface area contributed by atoms with Gasteiger partial charge in [-0.05, 0) is 91.3 Å². The molecule has 11 nitrogen and oxygen atoms in total. The lowest BCUT2D eigenvalue weighted by Gasteiger charge is -2.55. The second-order valence-electron chi connectivity index (χ2n) is 13.7. The number of piperidine rings is 2. The van der Waals surface area contributed by atoms with Gasteiger partial charge in [0.15, 0.2) is 41.2 Å². The molecule has 2 unspecified atom stereocenters. The Bertz CT molecular complexity index is 1410. The molecule has 2 aromatic rings. The molecule has 0 radical (unpaired) electrons. The number of nitrogens with zero attached hydrogens (tertiary/aromatic N) is 4. The summed E-state index contributed by atoms with van der Waals surface area (Å²) in [5.74, 6) is 2.09. The minimum Gasteiger partial charge on any atom is -0.484 e. The minimum absolute atomic E-state index is 0.0810. The molecule has 2 aromatic carbocycles. The van der Waals surface area contributed by atoms with Crippen LogP contribution in [0, 0.1) is 24.7 Å². The van der Waals surface area contributed by atoms with Crippen LogP contribution in [0.2, 0.25) is 0 Å². The third-order valence-corrected chi connectivity index (χ3v) is 9.22. The maximum Gasteiger partial charge on any atom is 0.254 e. The highest BCUT2D eigenvalue weighted by atomic mass is 16.6. The lowest BCUT2D eigenvalue weighted by atomic mass is 9.64. The fourth-order valence-electron chi connectivity index (χ4n) is 7.02. The van der Waals surface area contributed by atoms with Crippen LogP contribution in [0.4, 0.5) is 0 Å². The molecule has 0 aromatic heterocycles. The highest BCUT2D eigenvalue weighted by molar-refractivity contribution is 6.01. The van der Waals surface area contributed by atoms with Crippen LogP contribution in [0.1, 0.15) is 45.7 Å². The number of amides is 2. The molecule has 4 aliphatic rings. The first-order valence-electron chi connectivity index (χ1n) is 15.0. The first kappa shape index (κ1) is 30.2. The van der Waals surface area contributed by atoms with E-state index in [2.05, 4.69) is 0 Å². The zero-order valence-corrected chi connectivity index (χ0v) is 26.9. The van der Waals surface area contributed by atoms with E-state index in [1.165, 1.54) is 0 Å². The molecule has 2 saturated heterocycles. The van der Waals surface area contributed by atoms with Crippen molar-refractivity contribution < 1.29 is 33.3 Å². The van der Waals surface area contributed by atoms with Crippen molar-refractivity contribution in [3.05, 3.63) is 46.5 Å². The van der Waals surface area contributed by atoms with Crippen LogP contribution in [-0.2, 0) is 4.79 Å². The zero-order chi connectivity index (χ0) is 31.7. The van der Waals surface area contributed by atoms with E-state index in [1.807, 2.05) is 77.8 Å². The Labute approximate surface area is 258 Å². The van der Waals surface area contributed by atoms with Crippen LogP contribution in [-0.4, -0.2) is 117 Å². The van der Waals surface area contributed by atoms with Gasteiger partial charge in [0.05, 0.1) is 10.8 Å². The molecular formula is C33H42N4O7. The van der Waals surface area contributed by atoms with Gasteiger partial charge in [0.2, 0.25) is 0 Å². The van der Waals surface area contributed by atoms with Crippen molar-refractivity contribution >= 4 is 17.6 Å². The van der Waals surface area contributed by atoms with Gasteiger partial charge in [0.1, 0.15) is 13.2 Å². The van der Waals surface area contributed by atoms with Crippen molar-refractivity contribution in [1.82, 2.24) is 19.6 Å². The largest absolute Gasteiger partial charge is 0.484 e. The summed E-state index contributed by atoms with van der Waals surface area (Å²) >= 11 is 0. The number of fused-ring (bicyclic) bond motifs is 4. The lowest BCUT2D eigenvalue weighted by Crippen LogP contribution is -2.69. The van der Waals surface area contributed by atoms with E-state index >= 15 is 0 Å². The number of likely N-dealkylation sites (N-methyl/N-ethyl adjacent to an activating group) is 2. The van der Waals surface area contributed by atoms with Crippen LogP contribution in [0.5, 0.6) is 23.0 Å². The van der Waals surface area contributed by atoms with E-state index < -0.39 is 10.8 Å². The number of ether oxygens (including phenoxy) is 4. The molecule has 236 valence electrons. The van der Waals surface area contributed by atoms with E-state index in [9.17, 15) is 14.4 Å². The van der Waals surface area contributed by atoms with E-state index in [-0.39, 0.29) is 56.2 Å². The first-order valence-corrected chi connectivity index (χ1v) is 15.0. The summed E-state index contributed by atoms with van der Waals surface area (Å²) < 4.78 is 24.2. The molecule has 4 aliphatic heterocycles. The average Bonchev–Trinajstić information content (AvgIpc) is 2.97. The second-order valence-corrected chi connectivity index (χ2v) is 13.7. The normalized spacial score (nSPS) is 27.5. The number of likely N-dealkylation sites (tertiary alicyclic amines) is 2. The summed E-state index contributed by atoms with van der Waals surface area (Å²) in [7, 11) is 7.65. The predicted octanol–water partition coefficient (Wildman–Crippen LogP) is 2.81. The fourth-order valence-corrected chi connectivity index (χ4v) is 7.02. The van der Waals surface area contributed by atoms with Gasteiger partial charge in [-0.3, -0.25) is 24.2 Å². The molecule has 4 heterocycles. The molecule has 44 heavy (non-hydrogen) atoms. The van der Waals surface area contributed by atoms with E-state index in [4.69, 9.17) is 18.9 Å².